The van der Waals surface area contributed by atoms with Crippen LogP contribution in [0.25, 0.3) is 16.9 Å². The van der Waals surface area contributed by atoms with Crippen molar-refractivity contribution < 1.29 is 9.59 Å². The number of thiophene rings is 1. The van der Waals surface area contributed by atoms with Crippen molar-refractivity contribution in [2.24, 2.45) is 5.73 Å². The summed E-state index contributed by atoms with van der Waals surface area (Å²) in [4.78, 5) is 36.9. The van der Waals surface area contributed by atoms with Gasteiger partial charge < -0.3 is 16.0 Å². The number of primary amides is 1. The van der Waals surface area contributed by atoms with E-state index in [1.807, 2.05) is 55.9 Å². The van der Waals surface area contributed by atoms with E-state index < -0.39 is 5.91 Å². The summed E-state index contributed by atoms with van der Waals surface area (Å²) >= 11 is 1.65. The van der Waals surface area contributed by atoms with Gasteiger partial charge in [-0.05, 0) is 31.6 Å². The van der Waals surface area contributed by atoms with E-state index in [2.05, 4.69) is 26.3 Å². The molecule has 0 bridgehead atoms. The van der Waals surface area contributed by atoms with Crippen molar-refractivity contribution in [1.82, 2.24) is 24.6 Å². The van der Waals surface area contributed by atoms with E-state index >= 15 is 0 Å². The number of benzene rings is 1. The standard InChI is InChI=1S/C22H22N6O2S/c1-27(2)17(18-9-6-10-31-18)12-24-22(30)16-11-15(14-7-4-3-5-8-14)26-21-19(20(23)29)25-13-28(16)21/h3-11,13,17H,12H2,1-2H3,(H2,23,29)(H,24,30)/t17-/m1/s1. The lowest BCUT2D eigenvalue weighted by Gasteiger charge is -2.23. The van der Waals surface area contributed by atoms with Crippen LogP contribution < -0.4 is 11.1 Å². The van der Waals surface area contributed by atoms with Gasteiger partial charge in [0.05, 0.1) is 11.7 Å². The van der Waals surface area contributed by atoms with E-state index in [9.17, 15) is 9.59 Å². The molecule has 4 rings (SSSR count). The van der Waals surface area contributed by atoms with Crippen molar-refractivity contribution in [3.63, 3.8) is 0 Å². The number of likely N-dealkylation sites (N-methyl/N-ethyl adjacent to an activating group) is 1. The van der Waals surface area contributed by atoms with Crippen LogP contribution in [0.1, 0.15) is 31.9 Å². The lowest BCUT2D eigenvalue weighted by Crippen LogP contribution is -2.35. The normalized spacial score (nSPS) is 12.2. The smallest absolute Gasteiger partial charge is 0.271 e. The highest BCUT2D eigenvalue weighted by atomic mass is 32.1. The molecule has 0 saturated heterocycles. The van der Waals surface area contributed by atoms with Crippen LogP contribution >= 0.6 is 11.3 Å². The van der Waals surface area contributed by atoms with E-state index in [-0.39, 0.29) is 23.3 Å². The minimum atomic E-state index is -0.697. The van der Waals surface area contributed by atoms with Gasteiger partial charge in [-0.15, -0.1) is 11.3 Å². The van der Waals surface area contributed by atoms with Gasteiger partial charge in [-0.2, -0.15) is 0 Å². The van der Waals surface area contributed by atoms with Crippen LogP contribution in [-0.2, 0) is 0 Å². The third kappa shape index (κ3) is 4.18. The molecular weight excluding hydrogens is 412 g/mol. The molecule has 1 atom stereocenters. The second-order valence-corrected chi connectivity index (χ2v) is 8.23. The third-order valence-corrected chi connectivity index (χ3v) is 5.96. The molecule has 9 heteroatoms. The maximum atomic E-state index is 13.2. The van der Waals surface area contributed by atoms with Gasteiger partial charge >= 0.3 is 0 Å². The monoisotopic (exact) mass is 434 g/mol. The van der Waals surface area contributed by atoms with Crippen molar-refractivity contribution in [3.8, 4) is 11.3 Å². The summed E-state index contributed by atoms with van der Waals surface area (Å²) < 4.78 is 1.50. The first-order valence-electron chi connectivity index (χ1n) is 9.67. The number of fused-ring (bicyclic) bond motifs is 1. The number of nitrogens with two attached hydrogens (primary N) is 1. The van der Waals surface area contributed by atoms with E-state index in [0.29, 0.717) is 17.9 Å². The van der Waals surface area contributed by atoms with Crippen LogP contribution in [0.4, 0.5) is 0 Å². The summed E-state index contributed by atoms with van der Waals surface area (Å²) in [7, 11) is 3.95. The van der Waals surface area contributed by atoms with Gasteiger partial charge in [-0.3, -0.25) is 14.0 Å². The number of carbonyl (C=O) groups excluding carboxylic acids is 2. The van der Waals surface area contributed by atoms with E-state index in [4.69, 9.17) is 5.73 Å². The highest BCUT2D eigenvalue weighted by molar-refractivity contribution is 7.10. The molecule has 31 heavy (non-hydrogen) atoms. The summed E-state index contributed by atoms with van der Waals surface area (Å²) in [5.41, 5.74) is 7.45. The van der Waals surface area contributed by atoms with Gasteiger partial charge in [0.25, 0.3) is 11.8 Å². The fourth-order valence-electron chi connectivity index (χ4n) is 3.37. The van der Waals surface area contributed by atoms with Crippen LogP contribution in [0.15, 0.2) is 60.2 Å². The van der Waals surface area contributed by atoms with Crippen LogP contribution in [0.3, 0.4) is 0 Å². The number of nitrogens with one attached hydrogen (secondary N) is 1. The average molecular weight is 435 g/mol. The maximum absolute atomic E-state index is 13.2. The molecule has 0 aliphatic heterocycles. The number of carbonyl (C=O) groups is 2. The molecule has 8 nitrogen and oxygen atoms in total. The van der Waals surface area contributed by atoms with Crippen LogP contribution in [0, 0.1) is 0 Å². The summed E-state index contributed by atoms with van der Waals surface area (Å²) in [6.45, 7) is 0.425. The fourth-order valence-corrected chi connectivity index (χ4v) is 4.30. The molecule has 3 heterocycles. The molecule has 1 aromatic carbocycles. The van der Waals surface area contributed by atoms with Gasteiger partial charge in [0.15, 0.2) is 11.3 Å². The molecule has 0 spiro atoms. The SMILES string of the molecule is CN(C)[C@H](CNC(=O)c1cc(-c2ccccc2)nc2c(C(N)=O)ncn12)c1cccs1. The zero-order valence-corrected chi connectivity index (χ0v) is 18.0. The van der Waals surface area contributed by atoms with Crippen molar-refractivity contribution in [2.75, 3.05) is 20.6 Å². The molecule has 0 aliphatic rings. The van der Waals surface area contributed by atoms with Crippen molar-refractivity contribution in [1.29, 1.82) is 0 Å². The molecule has 3 N–H and O–H groups in total. The number of nitrogens with zero attached hydrogens (tertiary/aromatic N) is 4. The molecule has 0 saturated carbocycles. The Bertz CT molecular complexity index is 1220. The average Bonchev–Trinajstić information content (AvgIpc) is 3.43. The Kier molecular flexibility index (Phi) is 5.79. The second-order valence-electron chi connectivity index (χ2n) is 7.25. The first-order valence-corrected chi connectivity index (χ1v) is 10.5. The molecule has 0 fully saturated rings. The number of amides is 2. The molecule has 4 aromatic rings. The fraction of sp³-hybridized carbons (Fsp3) is 0.182. The minimum Gasteiger partial charge on any atom is -0.364 e. The van der Waals surface area contributed by atoms with Gasteiger partial charge in [0, 0.05) is 17.0 Å². The van der Waals surface area contributed by atoms with Crippen molar-refractivity contribution >= 4 is 28.8 Å². The number of imidazole rings is 1. The molecule has 0 aliphatic carbocycles. The predicted molar refractivity (Wildman–Crippen MR) is 120 cm³/mol. The van der Waals surface area contributed by atoms with Crippen LogP contribution in [-0.4, -0.2) is 51.7 Å². The van der Waals surface area contributed by atoms with Crippen LogP contribution in [0.5, 0.6) is 0 Å². The highest BCUT2D eigenvalue weighted by Crippen LogP contribution is 2.24. The molecule has 0 unspecified atom stereocenters. The topological polar surface area (TPSA) is 106 Å². The quantitative estimate of drug-likeness (QED) is 0.465. The van der Waals surface area contributed by atoms with E-state index in [1.54, 1.807) is 17.4 Å². The van der Waals surface area contributed by atoms with Gasteiger partial charge in [0.2, 0.25) is 0 Å². The van der Waals surface area contributed by atoms with Crippen molar-refractivity contribution in [3.05, 3.63) is 76.5 Å². The first-order chi connectivity index (χ1) is 15.0. The molecule has 3 aromatic heterocycles. The zero-order chi connectivity index (χ0) is 22.0. The Balaban J connectivity index is 1.72. The van der Waals surface area contributed by atoms with E-state index in [0.717, 1.165) is 10.4 Å². The maximum Gasteiger partial charge on any atom is 0.271 e. The molecular formula is C22H22N6O2S. The largest absolute Gasteiger partial charge is 0.364 e. The first kappa shape index (κ1) is 20.7. The number of rotatable bonds is 7. The lowest BCUT2D eigenvalue weighted by molar-refractivity contribution is 0.0934. The molecule has 2 amide bonds. The predicted octanol–water partition coefficient (Wildman–Crippen LogP) is 2.59. The Labute approximate surface area is 183 Å². The Morgan fingerprint density at radius 1 is 1.19 bits per heavy atom. The molecule has 158 valence electrons. The Morgan fingerprint density at radius 3 is 2.61 bits per heavy atom. The Hall–Kier alpha value is -3.56. The summed E-state index contributed by atoms with van der Waals surface area (Å²) in [6, 6.07) is 15.2. The summed E-state index contributed by atoms with van der Waals surface area (Å²) in [6.07, 6.45) is 1.40. The number of aromatic nitrogens is 3. The number of hydrogen-bond donors (Lipinski definition) is 2. The van der Waals surface area contributed by atoms with Gasteiger partial charge in [-0.1, -0.05) is 36.4 Å². The van der Waals surface area contributed by atoms with Crippen LogP contribution in [0.2, 0.25) is 0 Å². The highest BCUT2D eigenvalue weighted by Gasteiger charge is 2.21. The lowest BCUT2D eigenvalue weighted by atomic mass is 10.1. The zero-order valence-electron chi connectivity index (χ0n) is 17.1. The minimum absolute atomic E-state index is 0.0246. The molecule has 0 radical (unpaired) electrons. The van der Waals surface area contributed by atoms with Gasteiger partial charge in [-0.25, -0.2) is 9.97 Å². The van der Waals surface area contributed by atoms with Crippen molar-refractivity contribution in [2.45, 2.75) is 6.04 Å². The van der Waals surface area contributed by atoms with E-state index in [1.165, 1.54) is 10.7 Å². The summed E-state index contributed by atoms with van der Waals surface area (Å²) in [5, 5.41) is 5.03. The third-order valence-electron chi connectivity index (χ3n) is 4.99. The summed E-state index contributed by atoms with van der Waals surface area (Å²) in [5.74, 6) is -0.988. The Morgan fingerprint density at radius 2 is 1.97 bits per heavy atom. The van der Waals surface area contributed by atoms with Gasteiger partial charge in [0.1, 0.15) is 12.0 Å². The number of hydrogen-bond acceptors (Lipinski definition) is 6. The second kappa shape index (κ2) is 8.66.